The van der Waals surface area contributed by atoms with Crippen LogP contribution in [0.25, 0.3) is 0 Å². The summed E-state index contributed by atoms with van der Waals surface area (Å²) in [7, 11) is -1.14. The number of para-hydroxylation sites is 1. The number of carbonyl (C=O) groups is 1. The zero-order valence-electron chi connectivity index (χ0n) is 11.9. The van der Waals surface area contributed by atoms with Gasteiger partial charge < -0.3 is 14.6 Å². The van der Waals surface area contributed by atoms with Gasteiger partial charge in [-0.15, -0.1) is 0 Å². The van der Waals surface area contributed by atoms with E-state index in [1.165, 1.54) is 32.4 Å². The fraction of sp³-hybridized carbons (Fsp3) is 0.462. The molecule has 0 saturated carbocycles. The van der Waals surface area contributed by atoms with Gasteiger partial charge in [-0.1, -0.05) is 12.1 Å². The molecule has 0 aromatic heterocycles. The molecule has 0 aliphatic heterocycles. The maximum atomic E-state index is 12.3. The minimum absolute atomic E-state index is 0.0921. The second-order valence-electron chi connectivity index (χ2n) is 4.30. The zero-order valence-corrected chi connectivity index (χ0v) is 12.7. The second-order valence-corrected chi connectivity index (χ2v) is 5.98. The quantitative estimate of drug-likeness (QED) is 0.655. The van der Waals surface area contributed by atoms with Gasteiger partial charge >= 0.3 is 5.97 Å². The normalized spacial score (nSPS) is 12.9. The van der Waals surface area contributed by atoms with Gasteiger partial charge in [0, 0.05) is 13.7 Å². The van der Waals surface area contributed by atoms with E-state index in [2.05, 4.69) is 4.72 Å². The number of aliphatic carboxylic acids is 1. The molecule has 1 aromatic rings. The van der Waals surface area contributed by atoms with Gasteiger partial charge in [-0.3, -0.25) is 4.79 Å². The van der Waals surface area contributed by atoms with Crippen LogP contribution in [0.1, 0.15) is 12.8 Å². The van der Waals surface area contributed by atoms with Crippen molar-refractivity contribution in [2.45, 2.75) is 23.8 Å². The van der Waals surface area contributed by atoms with E-state index >= 15 is 0 Å². The van der Waals surface area contributed by atoms with Gasteiger partial charge in [-0.25, -0.2) is 8.42 Å². The summed E-state index contributed by atoms with van der Waals surface area (Å²) in [6.07, 6.45) is 0.569. The van der Waals surface area contributed by atoms with Crippen molar-refractivity contribution < 1.29 is 27.8 Å². The molecule has 1 atom stereocenters. The maximum absolute atomic E-state index is 12.3. The van der Waals surface area contributed by atoms with E-state index < -0.39 is 22.0 Å². The SMILES string of the molecule is COCCCC(NS(=O)(=O)c1ccccc1OC)C(=O)O. The van der Waals surface area contributed by atoms with E-state index in [9.17, 15) is 13.2 Å². The molecule has 1 rings (SSSR count). The van der Waals surface area contributed by atoms with Crippen molar-refractivity contribution in [2.75, 3.05) is 20.8 Å². The molecular weight excluding hydrogens is 298 g/mol. The first-order valence-corrected chi connectivity index (χ1v) is 7.77. The molecule has 8 heteroatoms. The molecule has 0 aliphatic carbocycles. The summed E-state index contributed by atoms with van der Waals surface area (Å²) in [5.41, 5.74) is 0. The Balaban J connectivity index is 2.93. The lowest BCUT2D eigenvalue weighted by molar-refractivity contribution is -0.139. The highest BCUT2D eigenvalue weighted by Gasteiger charge is 2.27. The van der Waals surface area contributed by atoms with Gasteiger partial charge in [0.2, 0.25) is 10.0 Å². The molecule has 0 spiro atoms. The number of methoxy groups -OCH3 is 2. The highest BCUT2D eigenvalue weighted by atomic mass is 32.2. The third-order valence-corrected chi connectivity index (χ3v) is 4.31. The Morgan fingerprint density at radius 3 is 2.57 bits per heavy atom. The summed E-state index contributed by atoms with van der Waals surface area (Å²) in [5, 5.41) is 9.11. The van der Waals surface area contributed by atoms with E-state index in [-0.39, 0.29) is 17.1 Å². The fourth-order valence-electron chi connectivity index (χ4n) is 1.76. The number of carboxylic acids is 1. The van der Waals surface area contributed by atoms with Crippen molar-refractivity contribution in [2.24, 2.45) is 0 Å². The summed E-state index contributed by atoms with van der Waals surface area (Å²) < 4.78 is 36.5. The maximum Gasteiger partial charge on any atom is 0.321 e. The van der Waals surface area contributed by atoms with Crippen LogP contribution >= 0.6 is 0 Å². The number of carboxylic acid groups (broad SMARTS) is 1. The van der Waals surface area contributed by atoms with Gasteiger partial charge in [0.1, 0.15) is 16.7 Å². The molecule has 0 amide bonds. The first kappa shape index (κ1) is 17.4. The highest BCUT2D eigenvalue weighted by Crippen LogP contribution is 2.23. The lowest BCUT2D eigenvalue weighted by Gasteiger charge is -2.16. The van der Waals surface area contributed by atoms with Crippen LogP contribution in [-0.2, 0) is 19.6 Å². The van der Waals surface area contributed by atoms with Crippen LogP contribution in [-0.4, -0.2) is 46.4 Å². The highest BCUT2D eigenvalue weighted by molar-refractivity contribution is 7.89. The molecule has 0 heterocycles. The monoisotopic (exact) mass is 317 g/mol. The summed E-state index contributed by atoms with van der Waals surface area (Å²) in [5.74, 6) is -1.07. The van der Waals surface area contributed by atoms with Crippen molar-refractivity contribution in [3.05, 3.63) is 24.3 Å². The predicted molar refractivity (Wildman–Crippen MR) is 75.8 cm³/mol. The van der Waals surface area contributed by atoms with Crippen LogP contribution in [0, 0.1) is 0 Å². The van der Waals surface area contributed by atoms with Crippen LogP contribution in [0.2, 0.25) is 0 Å². The minimum Gasteiger partial charge on any atom is -0.495 e. The van der Waals surface area contributed by atoms with Crippen molar-refractivity contribution in [1.82, 2.24) is 4.72 Å². The van der Waals surface area contributed by atoms with Crippen LogP contribution in [0.4, 0.5) is 0 Å². The molecule has 2 N–H and O–H groups in total. The Kier molecular flexibility index (Phi) is 6.60. The molecule has 21 heavy (non-hydrogen) atoms. The van der Waals surface area contributed by atoms with Gasteiger partial charge in [0.15, 0.2) is 0 Å². The van der Waals surface area contributed by atoms with E-state index in [4.69, 9.17) is 14.6 Å². The Morgan fingerprint density at radius 2 is 2.00 bits per heavy atom. The standard InChI is InChI=1S/C13H19NO6S/c1-19-9-5-6-10(13(15)16)14-21(17,18)12-8-4-3-7-11(12)20-2/h3-4,7-8,10,14H,5-6,9H2,1-2H3,(H,15,16). The molecule has 0 bridgehead atoms. The zero-order chi connectivity index (χ0) is 15.9. The first-order chi connectivity index (χ1) is 9.92. The molecule has 1 unspecified atom stereocenters. The molecule has 0 saturated heterocycles. The molecule has 1 aromatic carbocycles. The number of hydrogen-bond donors (Lipinski definition) is 2. The lowest BCUT2D eigenvalue weighted by Crippen LogP contribution is -2.40. The third-order valence-electron chi connectivity index (χ3n) is 2.80. The minimum atomic E-state index is -3.98. The summed E-state index contributed by atoms with van der Waals surface area (Å²) in [6.45, 7) is 0.361. The fourth-order valence-corrected chi connectivity index (χ4v) is 3.15. The summed E-state index contributed by atoms with van der Waals surface area (Å²) in [4.78, 5) is 11.1. The number of hydrogen-bond acceptors (Lipinski definition) is 5. The van der Waals surface area contributed by atoms with Crippen molar-refractivity contribution >= 4 is 16.0 Å². The number of benzene rings is 1. The molecule has 0 aliphatic rings. The van der Waals surface area contributed by atoms with Crippen molar-refractivity contribution in [3.8, 4) is 5.75 Å². The van der Waals surface area contributed by atoms with Gasteiger partial charge in [-0.2, -0.15) is 4.72 Å². The smallest absolute Gasteiger partial charge is 0.321 e. The first-order valence-electron chi connectivity index (χ1n) is 6.29. The number of sulfonamides is 1. The van der Waals surface area contributed by atoms with Crippen LogP contribution in [0.3, 0.4) is 0 Å². The third kappa shape index (κ3) is 5.00. The van der Waals surface area contributed by atoms with Gasteiger partial charge in [-0.05, 0) is 25.0 Å². The topological polar surface area (TPSA) is 102 Å². The van der Waals surface area contributed by atoms with Gasteiger partial charge in [0.05, 0.1) is 7.11 Å². The number of rotatable bonds is 9. The number of ether oxygens (including phenoxy) is 2. The van der Waals surface area contributed by atoms with Crippen molar-refractivity contribution in [1.29, 1.82) is 0 Å². The van der Waals surface area contributed by atoms with Crippen molar-refractivity contribution in [3.63, 3.8) is 0 Å². The van der Waals surface area contributed by atoms with E-state index in [0.29, 0.717) is 13.0 Å². The van der Waals surface area contributed by atoms with E-state index in [1.807, 2.05) is 0 Å². The lowest BCUT2D eigenvalue weighted by atomic mass is 10.2. The van der Waals surface area contributed by atoms with Gasteiger partial charge in [0.25, 0.3) is 0 Å². The largest absolute Gasteiger partial charge is 0.495 e. The molecule has 118 valence electrons. The van der Waals surface area contributed by atoms with E-state index in [1.54, 1.807) is 6.07 Å². The Hall–Kier alpha value is -1.64. The van der Waals surface area contributed by atoms with E-state index in [0.717, 1.165) is 0 Å². The summed E-state index contributed by atoms with van der Waals surface area (Å²) in [6, 6.07) is 4.81. The predicted octanol–water partition coefficient (Wildman–Crippen LogP) is 0.853. The number of nitrogens with one attached hydrogen (secondary N) is 1. The Morgan fingerprint density at radius 1 is 1.33 bits per heavy atom. The molecule has 0 radical (unpaired) electrons. The Bertz CT molecular complexity index is 572. The molecule has 0 fully saturated rings. The summed E-state index contributed by atoms with van der Waals surface area (Å²) >= 11 is 0. The van der Waals surface area contributed by atoms with Crippen LogP contribution in [0.5, 0.6) is 5.75 Å². The average molecular weight is 317 g/mol. The second kappa shape index (κ2) is 7.96. The Labute approximate surface area is 123 Å². The molecular formula is C13H19NO6S. The van der Waals surface area contributed by atoms with Crippen LogP contribution < -0.4 is 9.46 Å². The average Bonchev–Trinajstić information content (AvgIpc) is 2.46. The molecule has 7 nitrogen and oxygen atoms in total. The van der Waals surface area contributed by atoms with Crippen LogP contribution in [0.15, 0.2) is 29.2 Å².